The number of hydrogen-bond donors (Lipinski definition) is 1. The van der Waals surface area contributed by atoms with Crippen molar-refractivity contribution >= 4 is 28.6 Å². The number of halogens is 1. The van der Waals surface area contributed by atoms with Crippen molar-refractivity contribution in [3.63, 3.8) is 0 Å². The van der Waals surface area contributed by atoms with Crippen LogP contribution in [-0.4, -0.2) is 25.3 Å². The van der Waals surface area contributed by atoms with E-state index in [0.29, 0.717) is 11.5 Å². The Morgan fingerprint density at radius 3 is 2.00 bits per heavy atom. The molecular weight excluding hydrogens is 299 g/mol. The number of hydrogen-bond acceptors (Lipinski definition) is 3. The van der Waals surface area contributed by atoms with Gasteiger partial charge >= 0.3 is 5.97 Å². The van der Waals surface area contributed by atoms with Crippen molar-refractivity contribution < 1.29 is 19.4 Å². The highest BCUT2D eigenvalue weighted by Gasteiger charge is 2.18. The highest BCUT2D eigenvalue weighted by atomic mass is 127. The molecule has 0 aromatic heterocycles. The smallest absolute Gasteiger partial charge is 0.343 e. The van der Waals surface area contributed by atoms with Gasteiger partial charge in [-0.2, -0.15) is 0 Å². The van der Waals surface area contributed by atoms with Crippen molar-refractivity contribution in [1.82, 2.24) is 0 Å². The van der Waals surface area contributed by atoms with E-state index in [4.69, 9.17) is 14.6 Å². The van der Waals surface area contributed by atoms with Crippen LogP contribution >= 0.6 is 22.6 Å². The SMILES string of the molecule is COc1cc(I)cc(OC)c1C(=O)O. The van der Waals surface area contributed by atoms with Crippen molar-refractivity contribution in [2.75, 3.05) is 14.2 Å². The normalized spacial score (nSPS) is 9.64. The molecule has 0 aliphatic heterocycles. The fourth-order valence-electron chi connectivity index (χ4n) is 1.09. The van der Waals surface area contributed by atoms with Gasteiger partial charge in [0.05, 0.1) is 14.2 Å². The number of carbonyl (C=O) groups is 1. The Bertz CT molecular complexity index is 337. The minimum atomic E-state index is -1.06. The molecule has 14 heavy (non-hydrogen) atoms. The standard InChI is InChI=1S/C9H9IO4/c1-13-6-3-5(10)4-7(14-2)8(6)9(11)12/h3-4H,1-2H3,(H,11,12). The molecule has 0 saturated carbocycles. The molecule has 0 fully saturated rings. The summed E-state index contributed by atoms with van der Waals surface area (Å²) in [6, 6.07) is 3.29. The van der Waals surface area contributed by atoms with Crippen LogP contribution in [0.15, 0.2) is 12.1 Å². The van der Waals surface area contributed by atoms with Crippen LogP contribution in [-0.2, 0) is 0 Å². The molecule has 1 N–H and O–H groups in total. The molecule has 5 heteroatoms. The summed E-state index contributed by atoms with van der Waals surface area (Å²) >= 11 is 2.06. The van der Waals surface area contributed by atoms with Gasteiger partial charge in [-0.25, -0.2) is 4.79 Å². The monoisotopic (exact) mass is 308 g/mol. The Balaban J connectivity index is 3.40. The molecule has 0 atom stereocenters. The fraction of sp³-hybridized carbons (Fsp3) is 0.222. The molecule has 1 aromatic carbocycles. The van der Waals surface area contributed by atoms with Gasteiger partial charge in [0.2, 0.25) is 0 Å². The van der Waals surface area contributed by atoms with Gasteiger partial charge in [-0.05, 0) is 34.7 Å². The molecule has 1 aromatic rings. The van der Waals surface area contributed by atoms with Gasteiger partial charge in [-0.15, -0.1) is 0 Å². The molecule has 0 aliphatic carbocycles. The van der Waals surface area contributed by atoms with E-state index in [9.17, 15) is 4.79 Å². The second-order valence-electron chi connectivity index (χ2n) is 2.49. The summed E-state index contributed by atoms with van der Waals surface area (Å²) in [4.78, 5) is 10.9. The number of benzene rings is 1. The highest BCUT2D eigenvalue weighted by molar-refractivity contribution is 14.1. The summed E-state index contributed by atoms with van der Waals surface area (Å²) < 4.78 is 10.8. The number of aromatic carboxylic acids is 1. The maximum absolute atomic E-state index is 10.9. The molecule has 0 heterocycles. The van der Waals surface area contributed by atoms with Crippen molar-refractivity contribution in [1.29, 1.82) is 0 Å². The molecule has 0 saturated heterocycles. The average Bonchev–Trinajstić information content (AvgIpc) is 2.15. The Kier molecular flexibility index (Phi) is 3.56. The molecule has 76 valence electrons. The van der Waals surface area contributed by atoms with Gasteiger partial charge in [0.1, 0.15) is 17.1 Å². The van der Waals surface area contributed by atoms with Crippen LogP contribution in [0, 0.1) is 3.57 Å². The first kappa shape index (κ1) is 11.1. The second-order valence-corrected chi connectivity index (χ2v) is 3.74. The van der Waals surface area contributed by atoms with Crippen LogP contribution in [0.2, 0.25) is 0 Å². The molecule has 0 radical (unpaired) electrons. The lowest BCUT2D eigenvalue weighted by molar-refractivity contribution is 0.0689. The van der Waals surface area contributed by atoms with Gasteiger partial charge in [0, 0.05) is 3.57 Å². The zero-order chi connectivity index (χ0) is 10.7. The largest absolute Gasteiger partial charge is 0.496 e. The van der Waals surface area contributed by atoms with Crippen molar-refractivity contribution in [3.05, 3.63) is 21.3 Å². The highest BCUT2D eigenvalue weighted by Crippen LogP contribution is 2.30. The van der Waals surface area contributed by atoms with Crippen molar-refractivity contribution in [2.24, 2.45) is 0 Å². The Morgan fingerprint density at radius 1 is 1.29 bits per heavy atom. The zero-order valence-corrected chi connectivity index (χ0v) is 9.86. The fourth-order valence-corrected chi connectivity index (χ4v) is 1.66. The summed E-state index contributed by atoms with van der Waals surface area (Å²) in [5.74, 6) is -0.447. The lowest BCUT2D eigenvalue weighted by Gasteiger charge is -2.10. The first-order valence-corrected chi connectivity index (χ1v) is 4.82. The van der Waals surface area contributed by atoms with Gasteiger partial charge in [0.15, 0.2) is 0 Å². The first-order valence-electron chi connectivity index (χ1n) is 3.75. The molecule has 0 unspecified atom stereocenters. The van der Waals surface area contributed by atoms with Crippen molar-refractivity contribution in [2.45, 2.75) is 0 Å². The van der Waals surface area contributed by atoms with Gasteiger partial charge in [-0.1, -0.05) is 0 Å². The Labute approximate surface area is 95.0 Å². The summed E-state index contributed by atoms with van der Waals surface area (Å²) in [6.45, 7) is 0. The molecule has 0 aliphatic rings. The van der Waals surface area contributed by atoms with Crippen LogP contribution in [0.1, 0.15) is 10.4 Å². The van der Waals surface area contributed by atoms with E-state index in [1.165, 1.54) is 14.2 Å². The van der Waals surface area contributed by atoms with E-state index < -0.39 is 5.97 Å². The molecule has 0 spiro atoms. The lowest BCUT2D eigenvalue weighted by Crippen LogP contribution is -2.04. The number of methoxy groups -OCH3 is 2. The van der Waals surface area contributed by atoms with Crippen molar-refractivity contribution in [3.8, 4) is 11.5 Å². The molecular formula is C9H9IO4. The third-order valence-electron chi connectivity index (χ3n) is 1.68. The lowest BCUT2D eigenvalue weighted by atomic mass is 10.2. The summed E-state index contributed by atoms with van der Waals surface area (Å²) in [6.07, 6.45) is 0. The van der Waals surface area contributed by atoms with E-state index in [0.717, 1.165) is 3.57 Å². The summed E-state index contributed by atoms with van der Waals surface area (Å²) in [5.41, 5.74) is 0.0513. The zero-order valence-electron chi connectivity index (χ0n) is 7.70. The van der Waals surface area contributed by atoms with Crippen LogP contribution in [0.5, 0.6) is 11.5 Å². The van der Waals surface area contributed by atoms with Crippen LogP contribution in [0.4, 0.5) is 0 Å². The maximum atomic E-state index is 10.9. The summed E-state index contributed by atoms with van der Waals surface area (Å²) in [5, 5.41) is 8.94. The third kappa shape index (κ3) is 2.09. The molecule has 0 amide bonds. The van der Waals surface area contributed by atoms with Crippen LogP contribution in [0.3, 0.4) is 0 Å². The van der Waals surface area contributed by atoms with Gasteiger partial charge in [0.25, 0.3) is 0 Å². The number of ether oxygens (including phenoxy) is 2. The molecule has 1 rings (SSSR count). The predicted molar refractivity (Wildman–Crippen MR) is 59.2 cm³/mol. The number of rotatable bonds is 3. The third-order valence-corrected chi connectivity index (χ3v) is 2.31. The topological polar surface area (TPSA) is 55.8 Å². The van der Waals surface area contributed by atoms with E-state index >= 15 is 0 Å². The molecule has 4 nitrogen and oxygen atoms in total. The van der Waals surface area contributed by atoms with E-state index in [-0.39, 0.29) is 5.56 Å². The predicted octanol–water partition coefficient (Wildman–Crippen LogP) is 2.01. The van der Waals surface area contributed by atoms with Gasteiger partial charge in [-0.3, -0.25) is 0 Å². The first-order chi connectivity index (χ1) is 6.60. The van der Waals surface area contributed by atoms with E-state index in [1.807, 2.05) is 0 Å². The Hall–Kier alpha value is -0.980. The van der Waals surface area contributed by atoms with Gasteiger partial charge < -0.3 is 14.6 Å². The van der Waals surface area contributed by atoms with Crippen LogP contribution in [0.25, 0.3) is 0 Å². The minimum Gasteiger partial charge on any atom is -0.496 e. The average molecular weight is 308 g/mol. The quantitative estimate of drug-likeness (QED) is 0.868. The second kappa shape index (κ2) is 4.50. The van der Waals surface area contributed by atoms with E-state index in [1.54, 1.807) is 12.1 Å². The Morgan fingerprint density at radius 2 is 1.71 bits per heavy atom. The number of carboxylic acid groups (broad SMARTS) is 1. The molecule has 0 bridgehead atoms. The van der Waals surface area contributed by atoms with E-state index in [2.05, 4.69) is 22.6 Å². The summed E-state index contributed by atoms with van der Waals surface area (Å²) in [7, 11) is 2.86. The maximum Gasteiger partial charge on any atom is 0.343 e. The van der Waals surface area contributed by atoms with Crippen LogP contribution < -0.4 is 9.47 Å². The minimum absolute atomic E-state index is 0.0513. The number of carboxylic acids is 1.